The lowest BCUT2D eigenvalue weighted by Crippen LogP contribution is -2.12. The monoisotopic (exact) mass is 264 g/mol. The van der Waals surface area contributed by atoms with Crippen molar-refractivity contribution in [2.24, 2.45) is 5.14 Å². The van der Waals surface area contributed by atoms with E-state index in [1.807, 2.05) is 0 Å². The lowest BCUT2D eigenvalue weighted by atomic mass is 10.3. The Hall–Kier alpha value is -0.590. The van der Waals surface area contributed by atoms with Crippen molar-refractivity contribution in [1.29, 1.82) is 0 Å². The number of hydrogen-bond acceptors (Lipinski definition) is 3. The highest BCUT2D eigenvalue weighted by Gasteiger charge is 2.09. The van der Waals surface area contributed by atoms with Crippen molar-refractivity contribution >= 4 is 31.6 Å². The molecule has 3 N–H and O–H groups in total. The van der Waals surface area contributed by atoms with Gasteiger partial charge in [-0.15, -0.1) is 0 Å². The molecule has 0 heterocycles. The van der Waals surface area contributed by atoms with E-state index in [4.69, 9.17) is 5.14 Å². The Morgan fingerprint density at radius 1 is 1.46 bits per heavy atom. The van der Waals surface area contributed by atoms with Gasteiger partial charge in [0.2, 0.25) is 10.0 Å². The van der Waals surface area contributed by atoms with E-state index in [0.717, 1.165) is 5.69 Å². The summed E-state index contributed by atoms with van der Waals surface area (Å²) in [5.41, 5.74) is 0.812. The van der Waals surface area contributed by atoms with Crippen LogP contribution in [0.2, 0.25) is 0 Å². The highest BCUT2D eigenvalue weighted by Crippen LogP contribution is 2.24. The summed E-state index contributed by atoms with van der Waals surface area (Å²) in [4.78, 5) is 0.0957. The highest BCUT2D eigenvalue weighted by molar-refractivity contribution is 9.10. The molecule has 0 saturated heterocycles. The second kappa shape index (κ2) is 3.65. The lowest BCUT2D eigenvalue weighted by molar-refractivity contribution is 0.598. The molecule has 72 valence electrons. The predicted octanol–water partition coefficient (Wildman–Crippen LogP) is 1.14. The SMILES string of the molecule is CNc1ccc(S(N)(=O)=O)cc1Br. The van der Waals surface area contributed by atoms with E-state index in [2.05, 4.69) is 21.2 Å². The Balaban J connectivity index is 3.26. The van der Waals surface area contributed by atoms with Gasteiger partial charge in [-0.1, -0.05) is 0 Å². The van der Waals surface area contributed by atoms with Gasteiger partial charge in [0.1, 0.15) is 0 Å². The van der Waals surface area contributed by atoms with Gasteiger partial charge in [0.05, 0.1) is 4.90 Å². The van der Waals surface area contributed by atoms with Crippen LogP contribution in [0.1, 0.15) is 0 Å². The van der Waals surface area contributed by atoms with Crippen molar-refractivity contribution in [3.8, 4) is 0 Å². The zero-order valence-electron chi connectivity index (χ0n) is 6.91. The first-order valence-electron chi connectivity index (χ1n) is 3.45. The van der Waals surface area contributed by atoms with Gasteiger partial charge in [-0.05, 0) is 34.1 Å². The molecule has 0 radical (unpaired) electrons. The number of sulfonamides is 1. The van der Waals surface area contributed by atoms with Crippen LogP contribution in [-0.4, -0.2) is 15.5 Å². The van der Waals surface area contributed by atoms with Crippen molar-refractivity contribution in [2.45, 2.75) is 4.90 Å². The molecule has 0 fully saturated rings. The number of benzene rings is 1. The molecule has 0 amide bonds. The zero-order valence-corrected chi connectivity index (χ0v) is 9.31. The first kappa shape index (κ1) is 10.5. The molecule has 0 aromatic heterocycles. The van der Waals surface area contributed by atoms with Crippen LogP contribution in [0.15, 0.2) is 27.6 Å². The summed E-state index contributed by atoms with van der Waals surface area (Å²) in [6.07, 6.45) is 0. The molecule has 4 nitrogen and oxygen atoms in total. The average Bonchev–Trinajstić information content (AvgIpc) is 2.02. The summed E-state index contributed by atoms with van der Waals surface area (Å²) in [5, 5.41) is 7.84. The molecule has 1 aromatic rings. The highest BCUT2D eigenvalue weighted by atomic mass is 79.9. The fraction of sp³-hybridized carbons (Fsp3) is 0.143. The minimum absolute atomic E-state index is 0.0957. The van der Waals surface area contributed by atoms with Gasteiger partial charge >= 0.3 is 0 Å². The van der Waals surface area contributed by atoms with Crippen LogP contribution in [0.4, 0.5) is 5.69 Å². The van der Waals surface area contributed by atoms with Gasteiger partial charge in [-0.2, -0.15) is 0 Å². The molecule has 0 unspecified atom stereocenters. The second-order valence-electron chi connectivity index (χ2n) is 2.44. The van der Waals surface area contributed by atoms with E-state index in [0.29, 0.717) is 4.47 Å². The maximum atomic E-state index is 10.9. The molecule has 1 rings (SSSR count). The van der Waals surface area contributed by atoms with Gasteiger partial charge in [-0.25, -0.2) is 13.6 Å². The summed E-state index contributed by atoms with van der Waals surface area (Å²) >= 11 is 3.22. The largest absolute Gasteiger partial charge is 0.387 e. The number of halogens is 1. The van der Waals surface area contributed by atoms with E-state index in [-0.39, 0.29) is 4.90 Å². The Kier molecular flexibility index (Phi) is 2.94. The number of nitrogens with two attached hydrogens (primary N) is 1. The maximum absolute atomic E-state index is 10.9. The van der Waals surface area contributed by atoms with Crippen LogP contribution < -0.4 is 10.5 Å². The van der Waals surface area contributed by atoms with Crippen LogP contribution in [0.3, 0.4) is 0 Å². The van der Waals surface area contributed by atoms with Crippen molar-refractivity contribution < 1.29 is 8.42 Å². The van der Waals surface area contributed by atoms with E-state index in [1.165, 1.54) is 12.1 Å². The van der Waals surface area contributed by atoms with E-state index >= 15 is 0 Å². The Morgan fingerprint density at radius 3 is 2.46 bits per heavy atom. The molecule has 0 saturated carbocycles. The topological polar surface area (TPSA) is 72.2 Å². The van der Waals surface area contributed by atoms with Gasteiger partial charge in [0.15, 0.2) is 0 Å². The molecular weight excluding hydrogens is 256 g/mol. The van der Waals surface area contributed by atoms with Crippen molar-refractivity contribution in [3.05, 3.63) is 22.7 Å². The summed E-state index contributed by atoms with van der Waals surface area (Å²) in [5.74, 6) is 0. The summed E-state index contributed by atoms with van der Waals surface area (Å²) < 4.78 is 22.5. The smallest absolute Gasteiger partial charge is 0.238 e. The fourth-order valence-electron chi connectivity index (χ4n) is 0.876. The molecule has 0 atom stereocenters. The van der Waals surface area contributed by atoms with Crippen molar-refractivity contribution in [2.75, 3.05) is 12.4 Å². The standard InChI is InChI=1S/C7H9BrN2O2S/c1-10-7-3-2-5(4-6(7)8)13(9,11)12/h2-4,10H,1H3,(H2,9,11,12). The molecule has 0 aliphatic rings. The van der Waals surface area contributed by atoms with Gasteiger partial charge in [-0.3, -0.25) is 0 Å². The van der Waals surface area contributed by atoms with Crippen LogP contribution in [0, 0.1) is 0 Å². The number of anilines is 1. The van der Waals surface area contributed by atoms with Gasteiger partial charge in [0, 0.05) is 17.2 Å². The summed E-state index contributed by atoms with van der Waals surface area (Å²) in [6, 6.07) is 4.55. The molecule has 1 aromatic carbocycles. The van der Waals surface area contributed by atoms with E-state index in [1.54, 1.807) is 13.1 Å². The average molecular weight is 265 g/mol. The van der Waals surface area contributed by atoms with Crippen molar-refractivity contribution in [1.82, 2.24) is 0 Å². The minimum atomic E-state index is -3.61. The molecule has 0 bridgehead atoms. The number of nitrogens with one attached hydrogen (secondary N) is 1. The first-order chi connectivity index (χ1) is 5.95. The Morgan fingerprint density at radius 2 is 2.08 bits per heavy atom. The molecule has 6 heteroatoms. The third-order valence-corrected chi connectivity index (χ3v) is 3.11. The second-order valence-corrected chi connectivity index (χ2v) is 4.85. The molecular formula is C7H9BrN2O2S. The third-order valence-electron chi connectivity index (χ3n) is 1.54. The Labute approximate surface area is 85.3 Å². The molecule has 0 aliphatic heterocycles. The maximum Gasteiger partial charge on any atom is 0.238 e. The van der Waals surface area contributed by atoms with Crippen molar-refractivity contribution in [3.63, 3.8) is 0 Å². The lowest BCUT2D eigenvalue weighted by Gasteiger charge is -2.04. The number of rotatable bonds is 2. The van der Waals surface area contributed by atoms with Crippen LogP contribution in [0.5, 0.6) is 0 Å². The number of hydrogen-bond donors (Lipinski definition) is 2. The van der Waals surface area contributed by atoms with Gasteiger partial charge in [0.25, 0.3) is 0 Å². The number of primary sulfonamides is 1. The Bertz CT molecular complexity index is 417. The van der Waals surface area contributed by atoms with Crippen LogP contribution in [0.25, 0.3) is 0 Å². The zero-order chi connectivity index (χ0) is 10.1. The first-order valence-corrected chi connectivity index (χ1v) is 5.79. The molecule has 13 heavy (non-hydrogen) atoms. The fourth-order valence-corrected chi connectivity index (χ4v) is 2.14. The quantitative estimate of drug-likeness (QED) is 0.842. The molecule has 0 spiro atoms. The van der Waals surface area contributed by atoms with Crippen LogP contribution >= 0.6 is 15.9 Å². The van der Waals surface area contributed by atoms with Gasteiger partial charge < -0.3 is 5.32 Å². The summed E-state index contributed by atoms with van der Waals surface area (Å²) in [7, 11) is -1.86. The van der Waals surface area contributed by atoms with E-state index < -0.39 is 10.0 Å². The van der Waals surface area contributed by atoms with E-state index in [9.17, 15) is 8.42 Å². The van der Waals surface area contributed by atoms with Crippen LogP contribution in [-0.2, 0) is 10.0 Å². The minimum Gasteiger partial charge on any atom is -0.387 e. The third kappa shape index (κ3) is 2.43. The summed E-state index contributed by atoms with van der Waals surface area (Å²) in [6.45, 7) is 0. The molecule has 0 aliphatic carbocycles. The normalized spacial score (nSPS) is 11.3. The predicted molar refractivity (Wildman–Crippen MR) is 55.1 cm³/mol.